The Hall–Kier alpha value is -2.11. The van der Waals surface area contributed by atoms with Crippen molar-refractivity contribution in [3.8, 4) is 6.07 Å². The van der Waals surface area contributed by atoms with Crippen LogP contribution in [0.1, 0.15) is 120 Å². The highest BCUT2D eigenvalue weighted by Gasteiger charge is 2.33. The van der Waals surface area contributed by atoms with Crippen molar-refractivity contribution in [3.05, 3.63) is 31.9 Å². The first kappa shape index (κ1) is 31.4. The smallest absolute Gasteiger partial charge is 0.270 e. The summed E-state index contributed by atoms with van der Waals surface area (Å²) in [7, 11) is 0. The molecule has 1 amide bonds. The molecule has 0 unspecified atom stereocenters. The molecule has 8 heteroatoms. The van der Waals surface area contributed by atoms with Crippen LogP contribution in [0.2, 0.25) is 0 Å². The van der Waals surface area contributed by atoms with Crippen LogP contribution in [0.4, 0.5) is 5.82 Å². The number of nitriles is 1. The van der Waals surface area contributed by atoms with Gasteiger partial charge in [0.2, 0.25) is 0 Å². The van der Waals surface area contributed by atoms with Crippen molar-refractivity contribution in [1.29, 1.82) is 5.26 Å². The summed E-state index contributed by atoms with van der Waals surface area (Å²) in [5.41, 5.74) is 1.38. The summed E-state index contributed by atoms with van der Waals surface area (Å²) in [4.78, 5) is 31.3. The first-order valence-electron chi connectivity index (χ1n) is 15.1. The molecule has 2 saturated heterocycles. The molecule has 0 radical (unpaired) electrons. The standard InChI is InChI=1S/C31H46N4O2S2/c1-4-6-7-8-9-10-11-12-13-17-21-35-30(37)27(39-31(35)38)22-25-24(3)26(23-32)29(36)34(18-5-2)28(25)33-19-15-14-16-20-33/h22H,4-21H2,1-3H3/b27-22-. The minimum Gasteiger partial charge on any atom is -0.357 e. The number of anilines is 1. The molecule has 0 atom stereocenters. The van der Waals surface area contributed by atoms with Crippen LogP contribution in [-0.4, -0.2) is 39.3 Å². The number of piperidine rings is 1. The van der Waals surface area contributed by atoms with Crippen LogP contribution in [0.5, 0.6) is 0 Å². The quantitative estimate of drug-likeness (QED) is 0.123. The number of amides is 1. The van der Waals surface area contributed by atoms with Crippen molar-refractivity contribution in [2.45, 2.75) is 117 Å². The molecule has 0 spiro atoms. The molecule has 0 bridgehead atoms. The lowest BCUT2D eigenvalue weighted by molar-refractivity contribution is -0.122. The third-order valence-corrected chi connectivity index (χ3v) is 9.21. The van der Waals surface area contributed by atoms with E-state index in [0.717, 1.165) is 56.6 Å². The fourth-order valence-corrected chi connectivity index (χ4v) is 6.89. The van der Waals surface area contributed by atoms with Crippen molar-refractivity contribution in [1.82, 2.24) is 9.47 Å². The van der Waals surface area contributed by atoms with E-state index < -0.39 is 0 Å². The second-order valence-electron chi connectivity index (χ2n) is 10.9. The van der Waals surface area contributed by atoms with Gasteiger partial charge in [-0.3, -0.25) is 19.1 Å². The Kier molecular flexibility index (Phi) is 13.1. The third-order valence-electron chi connectivity index (χ3n) is 7.83. The number of pyridine rings is 1. The molecule has 39 heavy (non-hydrogen) atoms. The van der Waals surface area contributed by atoms with Gasteiger partial charge < -0.3 is 4.90 Å². The predicted octanol–water partition coefficient (Wildman–Crippen LogP) is 7.55. The monoisotopic (exact) mass is 570 g/mol. The van der Waals surface area contributed by atoms with Gasteiger partial charge in [0.05, 0.1) is 4.91 Å². The van der Waals surface area contributed by atoms with Gasteiger partial charge in [-0.15, -0.1) is 0 Å². The van der Waals surface area contributed by atoms with E-state index in [1.165, 1.54) is 69.5 Å². The van der Waals surface area contributed by atoms with Crippen molar-refractivity contribution < 1.29 is 4.79 Å². The number of hydrogen-bond donors (Lipinski definition) is 0. The Morgan fingerprint density at radius 1 is 0.897 bits per heavy atom. The molecule has 0 aliphatic carbocycles. The van der Waals surface area contributed by atoms with Gasteiger partial charge in [-0.05, 0) is 50.7 Å². The molecular formula is C31H46N4O2S2. The van der Waals surface area contributed by atoms with Gasteiger partial charge in [-0.1, -0.05) is 95.6 Å². The highest BCUT2D eigenvalue weighted by atomic mass is 32.2. The first-order chi connectivity index (χ1) is 18.9. The lowest BCUT2D eigenvalue weighted by Gasteiger charge is -2.33. The summed E-state index contributed by atoms with van der Waals surface area (Å²) in [6.07, 6.45) is 18.5. The second-order valence-corrected chi connectivity index (χ2v) is 12.5. The zero-order chi connectivity index (χ0) is 28.2. The van der Waals surface area contributed by atoms with Crippen LogP contribution >= 0.6 is 24.0 Å². The topological polar surface area (TPSA) is 69.3 Å². The summed E-state index contributed by atoms with van der Waals surface area (Å²) in [5.74, 6) is 0.787. The number of unbranched alkanes of at least 4 members (excludes halogenated alkanes) is 9. The number of nitrogens with zero attached hydrogens (tertiary/aromatic N) is 4. The fraction of sp³-hybridized carbons (Fsp3) is 0.677. The summed E-state index contributed by atoms with van der Waals surface area (Å²) >= 11 is 6.96. The minimum atomic E-state index is -0.233. The maximum atomic E-state index is 13.4. The van der Waals surface area contributed by atoms with Crippen molar-refractivity contribution in [2.24, 2.45) is 0 Å². The van der Waals surface area contributed by atoms with E-state index in [-0.39, 0.29) is 17.0 Å². The van der Waals surface area contributed by atoms with Crippen LogP contribution in [0.25, 0.3) is 6.08 Å². The molecule has 0 saturated carbocycles. The van der Waals surface area contributed by atoms with Crippen LogP contribution in [0, 0.1) is 18.3 Å². The van der Waals surface area contributed by atoms with Crippen LogP contribution in [0.3, 0.4) is 0 Å². The molecule has 2 fully saturated rings. The molecule has 1 aromatic heterocycles. The Balaban J connectivity index is 1.74. The Bertz CT molecular complexity index is 1130. The minimum absolute atomic E-state index is 0.0586. The van der Waals surface area contributed by atoms with Crippen LogP contribution < -0.4 is 10.5 Å². The number of rotatable bonds is 15. The molecule has 0 aromatic carbocycles. The van der Waals surface area contributed by atoms with E-state index in [9.17, 15) is 14.9 Å². The maximum absolute atomic E-state index is 13.4. The zero-order valence-corrected chi connectivity index (χ0v) is 25.9. The molecule has 0 N–H and O–H groups in total. The molecule has 2 aliphatic rings. The Morgan fingerprint density at radius 3 is 2.10 bits per heavy atom. The Labute approximate surface area is 244 Å². The van der Waals surface area contributed by atoms with Gasteiger partial charge in [0.1, 0.15) is 21.8 Å². The van der Waals surface area contributed by atoms with Crippen LogP contribution in [0.15, 0.2) is 9.70 Å². The predicted molar refractivity (Wildman–Crippen MR) is 168 cm³/mol. The van der Waals surface area contributed by atoms with E-state index in [1.807, 2.05) is 19.9 Å². The van der Waals surface area contributed by atoms with Gasteiger partial charge in [0, 0.05) is 31.7 Å². The largest absolute Gasteiger partial charge is 0.357 e. The van der Waals surface area contributed by atoms with E-state index in [2.05, 4.69) is 17.9 Å². The SMILES string of the molecule is CCCCCCCCCCCCN1C(=O)/C(=C/c2c(C)c(C#N)c(=O)n(CCC)c2N2CCCCC2)SC1=S. The van der Waals surface area contributed by atoms with Crippen molar-refractivity contribution in [3.63, 3.8) is 0 Å². The normalized spacial score (nSPS) is 16.9. The summed E-state index contributed by atoms with van der Waals surface area (Å²) in [6.45, 7) is 9.05. The molecule has 3 rings (SSSR count). The van der Waals surface area contributed by atoms with E-state index in [1.54, 1.807) is 9.47 Å². The first-order valence-corrected chi connectivity index (χ1v) is 16.3. The summed E-state index contributed by atoms with van der Waals surface area (Å²) in [6, 6.07) is 2.14. The number of carbonyl (C=O) groups is 1. The summed E-state index contributed by atoms with van der Waals surface area (Å²) < 4.78 is 2.36. The van der Waals surface area contributed by atoms with Crippen molar-refractivity contribution in [2.75, 3.05) is 24.5 Å². The van der Waals surface area contributed by atoms with E-state index in [4.69, 9.17) is 12.2 Å². The van der Waals surface area contributed by atoms with Crippen molar-refractivity contribution >= 4 is 46.1 Å². The second kappa shape index (κ2) is 16.2. The molecule has 6 nitrogen and oxygen atoms in total. The summed E-state index contributed by atoms with van der Waals surface area (Å²) in [5, 5.41) is 9.84. The van der Waals surface area contributed by atoms with Gasteiger partial charge in [0.25, 0.3) is 11.5 Å². The van der Waals surface area contributed by atoms with Gasteiger partial charge in [0.15, 0.2) is 0 Å². The van der Waals surface area contributed by atoms with Gasteiger partial charge >= 0.3 is 0 Å². The molecule has 2 aliphatic heterocycles. The molecular weight excluding hydrogens is 525 g/mol. The fourth-order valence-electron chi connectivity index (χ4n) is 5.60. The Morgan fingerprint density at radius 2 is 1.51 bits per heavy atom. The average molecular weight is 571 g/mol. The lowest BCUT2D eigenvalue weighted by Crippen LogP contribution is -2.37. The number of thiocarbonyl (C=S) groups is 1. The number of carbonyl (C=O) groups excluding carboxylic acids is 1. The average Bonchev–Trinajstić information content (AvgIpc) is 3.20. The van der Waals surface area contributed by atoms with Crippen LogP contribution in [-0.2, 0) is 11.3 Å². The lowest BCUT2D eigenvalue weighted by atomic mass is 10.0. The molecule has 1 aromatic rings. The van der Waals surface area contributed by atoms with Gasteiger partial charge in [-0.2, -0.15) is 5.26 Å². The highest BCUT2D eigenvalue weighted by Crippen LogP contribution is 2.36. The third kappa shape index (κ3) is 8.20. The molecule has 3 heterocycles. The highest BCUT2D eigenvalue weighted by molar-refractivity contribution is 8.26. The number of aromatic nitrogens is 1. The molecule has 214 valence electrons. The van der Waals surface area contributed by atoms with Gasteiger partial charge in [-0.25, -0.2) is 0 Å². The number of thioether (sulfide) groups is 1. The zero-order valence-electron chi connectivity index (χ0n) is 24.2. The van der Waals surface area contributed by atoms with E-state index >= 15 is 0 Å². The van der Waals surface area contributed by atoms with E-state index in [0.29, 0.717) is 27.9 Å². The maximum Gasteiger partial charge on any atom is 0.270 e. The number of hydrogen-bond acceptors (Lipinski definition) is 6.